The summed E-state index contributed by atoms with van der Waals surface area (Å²) in [5.74, 6) is -0.0883. The number of hydrogen-bond donors (Lipinski definition) is 1. The number of fused-ring (bicyclic) bond motifs is 1. The maximum atomic E-state index is 11.3. The summed E-state index contributed by atoms with van der Waals surface area (Å²) in [5, 5.41) is 8.95. The molecule has 78 valence electrons. The maximum absolute atomic E-state index is 11.3. The fraction of sp³-hybridized carbons (Fsp3) is 0.750. The number of halogens is 1. The molecular formula is C8H12ClN3OS. The van der Waals surface area contributed by atoms with Crippen LogP contribution in [0.1, 0.15) is 13.8 Å². The lowest BCUT2D eigenvalue weighted by Crippen LogP contribution is -2.67. The Hall–Kier alpha value is -0.440. The van der Waals surface area contributed by atoms with Crippen molar-refractivity contribution in [2.75, 3.05) is 0 Å². The van der Waals surface area contributed by atoms with Crippen molar-refractivity contribution in [1.29, 1.82) is 5.26 Å². The zero-order valence-electron chi connectivity index (χ0n) is 7.93. The molecule has 14 heavy (non-hydrogen) atoms. The van der Waals surface area contributed by atoms with Crippen LogP contribution in [0.25, 0.3) is 0 Å². The largest absolute Gasteiger partial charge is 0.317 e. The van der Waals surface area contributed by atoms with Gasteiger partial charge < -0.3 is 10.6 Å². The topological polar surface area (TPSA) is 70.1 Å². The van der Waals surface area contributed by atoms with E-state index in [2.05, 4.69) is 6.07 Å². The van der Waals surface area contributed by atoms with E-state index in [1.807, 2.05) is 13.8 Å². The predicted molar refractivity (Wildman–Crippen MR) is 56.9 cm³/mol. The van der Waals surface area contributed by atoms with Gasteiger partial charge in [0.15, 0.2) is 0 Å². The Bertz CT molecular complexity index is 314. The van der Waals surface area contributed by atoms with Gasteiger partial charge in [-0.05, 0) is 13.8 Å². The molecule has 2 aliphatic rings. The summed E-state index contributed by atoms with van der Waals surface area (Å²) in [5.41, 5.74) is 5.62. The van der Waals surface area contributed by atoms with Crippen LogP contribution in [0.2, 0.25) is 0 Å². The number of nitrogens with two attached hydrogens (primary N) is 1. The van der Waals surface area contributed by atoms with Crippen LogP contribution in [0.3, 0.4) is 0 Å². The molecule has 0 spiro atoms. The molecule has 4 nitrogen and oxygen atoms in total. The van der Waals surface area contributed by atoms with Crippen LogP contribution in [0.15, 0.2) is 0 Å². The van der Waals surface area contributed by atoms with E-state index in [-0.39, 0.29) is 34.5 Å². The number of carbonyl (C=O) groups is 1. The first-order valence-corrected chi connectivity index (χ1v) is 5.02. The van der Waals surface area contributed by atoms with Gasteiger partial charge in [-0.1, -0.05) is 0 Å². The van der Waals surface area contributed by atoms with Crippen LogP contribution in [-0.2, 0) is 4.79 Å². The number of hydrogen-bond acceptors (Lipinski definition) is 4. The van der Waals surface area contributed by atoms with Crippen molar-refractivity contribution in [3.8, 4) is 6.07 Å². The number of rotatable bonds is 0. The Balaban J connectivity index is 0.000000980. The Morgan fingerprint density at radius 1 is 1.64 bits per heavy atom. The number of carbonyl (C=O) groups excluding carboxylic acids is 1. The van der Waals surface area contributed by atoms with Gasteiger partial charge in [-0.2, -0.15) is 5.26 Å². The minimum Gasteiger partial charge on any atom is -0.317 e. The van der Waals surface area contributed by atoms with Gasteiger partial charge in [-0.15, -0.1) is 24.2 Å². The van der Waals surface area contributed by atoms with Crippen molar-refractivity contribution in [1.82, 2.24) is 4.90 Å². The second-order valence-corrected chi connectivity index (χ2v) is 5.69. The monoisotopic (exact) mass is 233 g/mol. The molecule has 0 bridgehead atoms. The average molecular weight is 234 g/mol. The molecule has 0 aromatic heterocycles. The van der Waals surface area contributed by atoms with Crippen molar-refractivity contribution in [3.05, 3.63) is 0 Å². The highest BCUT2D eigenvalue weighted by molar-refractivity contribution is 8.01. The van der Waals surface area contributed by atoms with Crippen LogP contribution in [0.5, 0.6) is 0 Å². The van der Waals surface area contributed by atoms with Crippen LogP contribution in [0, 0.1) is 11.3 Å². The first-order chi connectivity index (χ1) is 5.99. The number of thioether (sulfide) groups is 1. The van der Waals surface area contributed by atoms with Crippen molar-refractivity contribution >= 4 is 30.1 Å². The zero-order chi connectivity index (χ0) is 9.80. The van der Waals surface area contributed by atoms with Crippen molar-refractivity contribution in [2.45, 2.75) is 36.1 Å². The lowest BCUT2D eigenvalue weighted by Gasteiger charge is -2.40. The molecule has 0 radical (unpaired) electrons. The first-order valence-electron chi connectivity index (χ1n) is 4.14. The Labute approximate surface area is 93.2 Å². The lowest BCUT2D eigenvalue weighted by atomic mass is 9.98. The molecule has 0 saturated carbocycles. The molecule has 6 heteroatoms. The SMILES string of the molecule is CC1(C)SC2C(N)C(=O)N2C1C#N.Cl. The molecule has 2 saturated heterocycles. The Morgan fingerprint density at radius 3 is 2.71 bits per heavy atom. The van der Waals surface area contributed by atoms with Gasteiger partial charge in [0.2, 0.25) is 5.91 Å². The highest BCUT2D eigenvalue weighted by atomic mass is 35.5. The smallest absolute Gasteiger partial charge is 0.244 e. The molecule has 0 aromatic carbocycles. The highest BCUT2D eigenvalue weighted by Gasteiger charge is 2.60. The number of amides is 1. The number of β-lactam (4-membered cyclic amide) rings is 1. The van der Waals surface area contributed by atoms with Crippen LogP contribution < -0.4 is 5.73 Å². The minimum atomic E-state index is -0.400. The molecule has 0 aliphatic carbocycles. The zero-order valence-corrected chi connectivity index (χ0v) is 9.56. The summed E-state index contributed by atoms with van der Waals surface area (Å²) in [6, 6.07) is 1.44. The van der Waals surface area contributed by atoms with E-state index in [0.29, 0.717) is 0 Å². The number of nitriles is 1. The second-order valence-electron chi connectivity index (χ2n) is 3.91. The first kappa shape index (κ1) is 11.6. The van der Waals surface area contributed by atoms with Crippen LogP contribution in [0.4, 0.5) is 0 Å². The molecule has 1 amide bonds. The molecule has 2 rings (SSSR count). The van der Waals surface area contributed by atoms with E-state index < -0.39 is 6.04 Å². The third kappa shape index (κ3) is 1.22. The van der Waals surface area contributed by atoms with E-state index in [1.54, 1.807) is 16.7 Å². The summed E-state index contributed by atoms with van der Waals surface area (Å²) >= 11 is 1.62. The van der Waals surface area contributed by atoms with Crippen molar-refractivity contribution in [3.63, 3.8) is 0 Å². The Kier molecular flexibility index (Phi) is 2.74. The van der Waals surface area contributed by atoms with Gasteiger partial charge in [-0.25, -0.2) is 0 Å². The van der Waals surface area contributed by atoms with Gasteiger partial charge in [0.25, 0.3) is 0 Å². The van der Waals surface area contributed by atoms with E-state index in [9.17, 15) is 4.79 Å². The van der Waals surface area contributed by atoms with E-state index in [0.717, 1.165) is 0 Å². The summed E-state index contributed by atoms with van der Waals surface area (Å²) < 4.78 is -0.191. The van der Waals surface area contributed by atoms with Gasteiger partial charge in [0.1, 0.15) is 17.5 Å². The summed E-state index contributed by atoms with van der Waals surface area (Å²) in [4.78, 5) is 12.9. The van der Waals surface area contributed by atoms with Crippen LogP contribution in [-0.4, -0.2) is 33.0 Å². The van der Waals surface area contributed by atoms with Crippen molar-refractivity contribution in [2.24, 2.45) is 5.73 Å². The summed E-state index contributed by atoms with van der Waals surface area (Å²) in [6.07, 6.45) is 0. The molecule has 0 aromatic rings. The normalized spacial score (nSPS) is 38.0. The molecular weight excluding hydrogens is 222 g/mol. The van der Waals surface area contributed by atoms with Gasteiger partial charge in [-0.3, -0.25) is 4.79 Å². The van der Waals surface area contributed by atoms with Gasteiger partial charge in [0.05, 0.1) is 6.07 Å². The molecule has 2 N–H and O–H groups in total. The standard InChI is InChI=1S/C8H11N3OS.ClH/c1-8(2)4(3-9)11-6(12)5(10)7(11)13-8;/h4-5,7H,10H2,1-2H3;1H. The lowest BCUT2D eigenvalue weighted by molar-refractivity contribution is -0.145. The van der Waals surface area contributed by atoms with Crippen LogP contribution >= 0.6 is 24.2 Å². The molecule has 2 heterocycles. The summed E-state index contributed by atoms with van der Waals surface area (Å²) in [6.45, 7) is 3.95. The third-order valence-corrected chi connectivity index (χ3v) is 4.20. The van der Waals surface area contributed by atoms with E-state index >= 15 is 0 Å². The fourth-order valence-electron chi connectivity index (χ4n) is 1.84. The maximum Gasteiger partial charge on any atom is 0.244 e. The molecule has 2 fully saturated rings. The fourth-order valence-corrected chi connectivity index (χ4v) is 3.36. The Morgan fingerprint density at radius 2 is 2.21 bits per heavy atom. The molecule has 2 aliphatic heterocycles. The van der Waals surface area contributed by atoms with E-state index in [4.69, 9.17) is 11.0 Å². The average Bonchev–Trinajstić information content (AvgIpc) is 2.33. The second kappa shape index (κ2) is 3.30. The molecule has 3 unspecified atom stereocenters. The number of nitrogens with zero attached hydrogens (tertiary/aromatic N) is 2. The predicted octanol–water partition coefficient (Wildman–Crippen LogP) is 0.321. The van der Waals surface area contributed by atoms with Gasteiger partial charge in [0, 0.05) is 4.75 Å². The minimum absolute atomic E-state index is 0. The summed E-state index contributed by atoms with van der Waals surface area (Å²) in [7, 11) is 0. The third-order valence-electron chi connectivity index (χ3n) is 2.60. The van der Waals surface area contributed by atoms with Crippen molar-refractivity contribution < 1.29 is 4.79 Å². The van der Waals surface area contributed by atoms with E-state index in [1.165, 1.54) is 0 Å². The quantitative estimate of drug-likeness (QED) is 0.612. The molecule has 3 atom stereocenters. The van der Waals surface area contributed by atoms with Gasteiger partial charge >= 0.3 is 0 Å². The highest BCUT2D eigenvalue weighted by Crippen LogP contribution is 2.49.